The fraction of sp³-hybridized carbons (Fsp3) is 0.273. The first-order valence-electron chi connectivity index (χ1n) is 4.64. The molecule has 0 atom stereocenters. The highest BCUT2D eigenvalue weighted by Crippen LogP contribution is 2.33. The van der Waals surface area contributed by atoms with Crippen LogP contribution in [0.15, 0.2) is 30.0 Å². The standard InChI is InChI=1S/C11H11NO/c1-2-9-4-3-8-5-6-12-10(8)11(9)13-7-1/h1-2,5-6,12H,3-4,7H2. The molecule has 3 rings (SSSR count). The molecule has 1 aliphatic carbocycles. The Kier molecular flexibility index (Phi) is 1.36. The smallest absolute Gasteiger partial charge is 0.146 e. The van der Waals surface area contributed by atoms with E-state index >= 15 is 0 Å². The number of allylic oxidation sites excluding steroid dienone is 2. The van der Waals surface area contributed by atoms with E-state index in [2.05, 4.69) is 23.2 Å². The van der Waals surface area contributed by atoms with Crippen molar-refractivity contribution in [2.45, 2.75) is 12.8 Å². The number of hydrogen-bond donors (Lipinski definition) is 1. The first-order valence-corrected chi connectivity index (χ1v) is 4.64. The lowest BCUT2D eigenvalue weighted by Gasteiger charge is -2.21. The third-order valence-electron chi connectivity index (χ3n) is 2.66. The Hall–Kier alpha value is -1.44. The van der Waals surface area contributed by atoms with Crippen LogP contribution in [-0.2, 0) is 11.2 Å². The molecule has 13 heavy (non-hydrogen) atoms. The third-order valence-corrected chi connectivity index (χ3v) is 2.66. The summed E-state index contributed by atoms with van der Waals surface area (Å²) in [6, 6.07) is 2.14. The fourth-order valence-electron chi connectivity index (χ4n) is 2.01. The Balaban J connectivity index is 2.18. The summed E-state index contributed by atoms with van der Waals surface area (Å²) in [6.45, 7) is 0.706. The molecule has 0 bridgehead atoms. The highest BCUT2D eigenvalue weighted by Gasteiger charge is 2.21. The Morgan fingerprint density at radius 3 is 3.31 bits per heavy atom. The number of nitrogens with one attached hydrogen (secondary N) is 1. The average molecular weight is 173 g/mol. The van der Waals surface area contributed by atoms with Gasteiger partial charge in [0, 0.05) is 6.20 Å². The zero-order valence-electron chi connectivity index (χ0n) is 7.34. The first kappa shape index (κ1) is 7.01. The summed E-state index contributed by atoms with van der Waals surface area (Å²) in [4.78, 5) is 3.24. The van der Waals surface area contributed by atoms with Crippen LogP contribution in [0.25, 0.3) is 5.76 Å². The number of aromatic nitrogens is 1. The van der Waals surface area contributed by atoms with Crippen molar-refractivity contribution in [3.05, 3.63) is 41.2 Å². The summed E-state index contributed by atoms with van der Waals surface area (Å²) in [5.74, 6) is 1.06. The van der Waals surface area contributed by atoms with Gasteiger partial charge in [-0.05, 0) is 36.1 Å². The number of hydrogen-bond acceptors (Lipinski definition) is 1. The highest BCUT2D eigenvalue weighted by atomic mass is 16.5. The van der Waals surface area contributed by atoms with Gasteiger partial charge >= 0.3 is 0 Å². The number of ether oxygens (including phenoxy) is 1. The summed E-state index contributed by atoms with van der Waals surface area (Å²) in [6.07, 6.45) is 8.49. The summed E-state index contributed by atoms with van der Waals surface area (Å²) in [5, 5.41) is 0. The lowest BCUT2D eigenvalue weighted by Crippen LogP contribution is -2.08. The monoisotopic (exact) mass is 173 g/mol. The topological polar surface area (TPSA) is 25.0 Å². The summed E-state index contributed by atoms with van der Waals surface area (Å²) < 4.78 is 5.63. The van der Waals surface area contributed by atoms with Crippen LogP contribution < -0.4 is 0 Å². The van der Waals surface area contributed by atoms with Crippen molar-refractivity contribution < 1.29 is 4.74 Å². The molecule has 0 spiro atoms. The van der Waals surface area contributed by atoms with Crippen LogP contribution in [0.2, 0.25) is 0 Å². The summed E-state index contributed by atoms with van der Waals surface area (Å²) in [7, 11) is 0. The molecule has 1 aliphatic heterocycles. The highest BCUT2D eigenvalue weighted by molar-refractivity contribution is 5.69. The summed E-state index contributed by atoms with van der Waals surface area (Å²) in [5.41, 5.74) is 3.90. The minimum Gasteiger partial charge on any atom is -0.487 e. The van der Waals surface area contributed by atoms with Crippen LogP contribution >= 0.6 is 0 Å². The van der Waals surface area contributed by atoms with Gasteiger partial charge < -0.3 is 9.72 Å². The van der Waals surface area contributed by atoms with Crippen LogP contribution in [0.5, 0.6) is 0 Å². The molecule has 2 aliphatic rings. The maximum absolute atomic E-state index is 5.63. The zero-order chi connectivity index (χ0) is 8.67. The number of aryl methyl sites for hydroxylation is 1. The SMILES string of the molecule is C1=CC2=C(OC1)c1[nH]ccc1CC2. The van der Waals surface area contributed by atoms with Crippen molar-refractivity contribution in [2.75, 3.05) is 6.61 Å². The molecular formula is C11H11NO. The molecule has 1 N–H and O–H groups in total. The number of fused-ring (bicyclic) bond motifs is 2. The molecule has 0 saturated heterocycles. The molecule has 0 aromatic carbocycles. The van der Waals surface area contributed by atoms with Crippen LogP contribution in [-0.4, -0.2) is 11.6 Å². The predicted octanol–water partition coefficient (Wildman–Crippen LogP) is 2.26. The minimum absolute atomic E-state index is 0.706. The molecule has 0 fully saturated rings. The van der Waals surface area contributed by atoms with Gasteiger partial charge in [-0.1, -0.05) is 6.08 Å². The van der Waals surface area contributed by atoms with Crippen LogP contribution in [0.4, 0.5) is 0 Å². The van der Waals surface area contributed by atoms with Gasteiger partial charge in [-0.3, -0.25) is 0 Å². The van der Waals surface area contributed by atoms with Gasteiger partial charge in [-0.15, -0.1) is 0 Å². The van der Waals surface area contributed by atoms with Crippen LogP contribution in [0.3, 0.4) is 0 Å². The average Bonchev–Trinajstić information content (AvgIpc) is 2.65. The van der Waals surface area contributed by atoms with Gasteiger partial charge in [0.1, 0.15) is 12.4 Å². The molecule has 1 aromatic heterocycles. The van der Waals surface area contributed by atoms with Crippen LogP contribution in [0.1, 0.15) is 17.7 Å². The Morgan fingerprint density at radius 2 is 2.31 bits per heavy atom. The largest absolute Gasteiger partial charge is 0.487 e. The quantitative estimate of drug-likeness (QED) is 0.639. The van der Waals surface area contributed by atoms with E-state index in [1.807, 2.05) is 6.20 Å². The van der Waals surface area contributed by atoms with Crippen LogP contribution in [0, 0.1) is 0 Å². The van der Waals surface area contributed by atoms with Crippen molar-refractivity contribution in [1.29, 1.82) is 0 Å². The van der Waals surface area contributed by atoms with Crippen molar-refractivity contribution in [3.63, 3.8) is 0 Å². The lowest BCUT2D eigenvalue weighted by atomic mass is 9.94. The Morgan fingerprint density at radius 1 is 1.31 bits per heavy atom. The predicted molar refractivity (Wildman–Crippen MR) is 51.1 cm³/mol. The van der Waals surface area contributed by atoms with Gasteiger partial charge in [0.25, 0.3) is 0 Å². The van der Waals surface area contributed by atoms with E-state index in [1.54, 1.807) is 0 Å². The third kappa shape index (κ3) is 0.949. The van der Waals surface area contributed by atoms with Crippen molar-refractivity contribution >= 4 is 5.76 Å². The van der Waals surface area contributed by atoms with Gasteiger partial charge in [0.2, 0.25) is 0 Å². The van der Waals surface area contributed by atoms with E-state index in [4.69, 9.17) is 4.74 Å². The van der Waals surface area contributed by atoms with Crippen molar-refractivity contribution in [3.8, 4) is 0 Å². The fourth-order valence-corrected chi connectivity index (χ4v) is 2.01. The molecule has 0 radical (unpaired) electrons. The van der Waals surface area contributed by atoms with E-state index in [0.717, 1.165) is 18.6 Å². The summed E-state index contributed by atoms with van der Waals surface area (Å²) >= 11 is 0. The van der Waals surface area contributed by atoms with E-state index in [-0.39, 0.29) is 0 Å². The zero-order valence-corrected chi connectivity index (χ0v) is 7.34. The van der Waals surface area contributed by atoms with E-state index in [0.29, 0.717) is 6.61 Å². The molecule has 2 heterocycles. The molecule has 2 heteroatoms. The van der Waals surface area contributed by atoms with E-state index in [1.165, 1.54) is 16.8 Å². The molecule has 2 nitrogen and oxygen atoms in total. The van der Waals surface area contributed by atoms with E-state index in [9.17, 15) is 0 Å². The minimum atomic E-state index is 0.706. The Bertz CT molecular complexity index is 398. The lowest BCUT2D eigenvalue weighted by molar-refractivity contribution is 0.308. The van der Waals surface area contributed by atoms with Gasteiger partial charge in [0.15, 0.2) is 0 Å². The number of aromatic amines is 1. The van der Waals surface area contributed by atoms with E-state index < -0.39 is 0 Å². The maximum atomic E-state index is 5.63. The van der Waals surface area contributed by atoms with Gasteiger partial charge in [0.05, 0.1) is 5.69 Å². The Labute approximate surface area is 76.9 Å². The molecule has 0 saturated carbocycles. The van der Waals surface area contributed by atoms with Crippen molar-refractivity contribution in [1.82, 2.24) is 4.98 Å². The normalized spacial score (nSPS) is 19.4. The second-order valence-electron chi connectivity index (χ2n) is 3.45. The second kappa shape index (κ2) is 2.52. The van der Waals surface area contributed by atoms with Gasteiger partial charge in [-0.2, -0.15) is 0 Å². The maximum Gasteiger partial charge on any atom is 0.146 e. The first-order chi connectivity index (χ1) is 6.45. The number of H-pyrrole nitrogens is 1. The molecule has 0 amide bonds. The second-order valence-corrected chi connectivity index (χ2v) is 3.45. The molecule has 66 valence electrons. The van der Waals surface area contributed by atoms with Crippen molar-refractivity contribution in [2.24, 2.45) is 0 Å². The molecular weight excluding hydrogens is 162 g/mol. The molecule has 1 aromatic rings. The van der Waals surface area contributed by atoms with Gasteiger partial charge in [-0.25, -0.2) is 0 Å². The number of rotatable bonds is 0. The molecule has 0 unspecified atom stereocenters.